The van der Waals surface area contributed by atoms with Crippen molar-refractivity contribution in [3.63, 3.8) is 0 Å². The minimum atomic E-state index is -0.360. The Bertz CT molecular complexity index is 554. The molecule has 0 fully saturated rings. The fourth-order valence-electron chi connectivity index (χ4n) is 1.85. The van der Waals surface area contributed by atoms with E-state index >= 15 is 0 Å². The fraction of sp³-hybridized carbons (Fsp3) is 0.188. The molecule has 2 N–H and O–H groups in total. The number of anilines is 2. The van der Waals surface area contributed by atoms with Crippen molar-refractivity contribution in [2.75, 3.05) is 10.6 Å². The highest BCUT2D eigenvalue weighted by molar-refractivity contribution is 5.96. The number of rotatable bonds is 5. The maximum absolute atomic E-state index is 12.8. The molecule has 0 heterocycles. The van der Waals surface area contributed by atoms with Gasteiger partial charge in [0.05, 0.1) is 0 Å². The lowest BCUT2D eigenvalue weighted by molar-refractivity contribution is -0.116. The van der Waals surface area contributed by atoms with Gasteiger partial charge in [0, 0.05) is 11.4 Å². The molecule has 0 aromatic heterocycles. The first-order valence-corrected chi connectivity index (χ1v) is 6.57. The van der Waals surface area contributed by atoms with Crippen LogP contribution in [0.25, 0.3) is 0 Å². The number of hydrogen-bond donors (Lipinski definition) is 2. The van der Waals surface area contributed by atoms with Crippen LogP contribution in [0.5, 0.6) is 0 Å². The first kappa shape index (κ1) is 14.1. The third-order valence-electron chi connectivity index (χ3n) is 2.95. The van der Waals surface area contributed by atoms with Crippen molar-refractivity contribution >= 4 is 17.3 Å². The Balaban J connectivity index is 2.00. The maximum atomic E-state index is 12.8. The molecule has 0 bridgehead atoms. The van der Waals surface area contributed by atoms with E-state index in [2.05, 4.69) is 10.6 Å². The third-order valence-corrected chi connectivity index (χ3v) is 2.95. The standard InChI is InChI=1S/C16H17FN2O/c1-2-15(18-14-10-8-12(17)9-11-14)16(20)19-13-6-4-3-5-7-13/h3-11,15,18H,2H2,1H3,(H,19,20)/t15-/m1/s1. The summed E-state index contributed by atoms with van der Waals surface area (Å²) in [4.78, 5) is 12.2. The van der Waals surface area contributed by atoms with Crippen LogP contribution in [-0.2, 0) is 4.79 Å². The highest BCUT2D eigenvalue weighted by atomic mass is 19.1. The Morgan fingerprint density at radius 2 is 1.70 bits per heavy atom. The van der Waals surface area contributed by atoms with E-state index in [4.69, 9.17) is 0 Å². The van der Waals surface area contributed by atoms with Crippen LogP contribution in [0.15, 0.2) is 54.6 Å². The molecule has 1 amide bonds. The second-order valence-electron chi connectivity index (χ2n) is 4.47. The molecule has 3 nitrogen and oxygen atoms in total. The number of halogens is 1. The Labute approximate surface area is 117 Å². The van der Waals surface area contributed by atoms with Crippen molar-refractivity contribution in [2.45, 2.75) is 19.4 Å². The van der Waals surface area contributed by atoms with Crippen molar-refractivity contribution in [2.24, 2.45) is 0 Å². The topological polar surface area (TPSA) is 41.1 Å². The molecule has 4 heteroatoms. The smallest absolute Gasteiger partial charge is 0.246 e. The van der Waals surface area contributed by atoms with Crippen LogP contribution >= 0.6 is 0 Å². The largest absolute Gasteiger partial charge is 0.374 e. The average Bonchev–Trinajstić information content (AvgIpc) is 2.47. The van der Waals surface area contributed by atoms with E-state index in [-0.39, 0.29) is 17.8 Å². The summed E-state index contributed by atoms with van der Waals surface area (Å²) in [5.41, 5.74) is 1.48. The van der Waals surface area contributed by atoms with E-state index in [1.54, 1.807) is 12.1 Å². The normalized spacial score (nSPS) is 11.7. The Hall–Kier alpha value is -2.36. The minimum absolute atomic E-state index is 0.108. The summed E-state index contributed by atoms with van der Waals surface area (Å²) in [6.45, 7) is 1.92. The van der Waals surface area contributed by atoms with Crippen molar-refractivity contribution < 1.29 is 9.18 Å². The molecular weight excluding hydrogens is 255 g/mol. The van der Waals surface area contributed by atoms with Crippen molar-refractivity contribution in [3.05, 3.63) is 60.4 Å². The minimum Gasteiger partial charge on any atom is -0.374 e. The molecule has 0 aliphatic carbocycles. The molecule has 0 saturated carbocycles. The van der Waals surface area contributed by atoms with E-state index < -0.39 is 0 Å². The van der Waals surface area contributed by atoms with Gasteiger partial charge in [-0.3, -0.25) is 4.79 Å². The average molecular weight is 272 g/mol. The molecule has 2 aromatic rings. The third kappa shape index (κ3) is 3.82. The van der Waals surface area contributed by atoms with Crippen LogP contribution in [0, 0.1) is 5.82 Å². The van der Waals surface area contributed by atoms with Gasteiger partial charge in [-0.1, -0.05) is 25.1 Å². The van der Waals surface area contributed by atoms with Gasteiger partial charge >= 0.3 is 0 Å². The summed E-state index contributed by atoms with van der Waals surface area (Å²) >= 11 is 0. The monoisotopic (exact) mass is 272 g/mol. The molecular formula is C16H17FN2O. The number of nitrogens with one attached hydrogen (secondary N) is 2. The number of hydrogen-bond acceptors (Lipinski definition) is 2. The predicted octanol–water partition coefficient (Wildman–Crippen LogP) is 3.65. The van der Waals surface area contributed by atoms with E-state index in [9.17, 15) is 9.18 Å². The second kappa shape index (κ2) is 6.70. The first-order valence-electron chi connectivity index (χ1n) is 6.57. The zero-order valence-corrected chi connectivity index (χ0v) is 11.3. The van der Waals surface area contributed by atoms with Crippen molar-refractivity contribution in [3.8, 4) is 0 Å². The van der Waals surface area contributed by atoms with E-state index in [0.717, 1.165) is 11.4 Å². The number of para-hydroxylation sites is 1. The van der Waals surface area contributed by atoms with E-state index in [0.29, 0.717) is 6.42 Å². The highest BCUT2D eigenvalue weighted by Gasteiger charge is 2.16. The van der Waals surface area contributed by atoms with Crippen LogP contribution < -0.4 is 10.6 Å². The van der Waals surface area contributed by atoms with Gasteiger partial charge in [0.15, 0.2) is 0 Å². The lowest BCUT2D eigenvalue weighted by Gasteiger charge is -2.18. The molecule has 0 aliphatic heterocycles. The zero-order valence-electron chi connectivity index (χ0n) is 11.3. The molecule has 0 saturated heterocycles. The van der Waals surface area contributed by atoms with Gasteiger partial charge in [-0.25, -0.2) is 4.39 Å². The van der Waals surface area contributed by atoms with Gasteiger partial charge in [0.25, 0.3) is 0 Å². The Kier molecular flexibility index (Phi) is 4.71. The molecule has 0 spiro atoms. The molecule has 0 unspecified atom stereocenters. The second-order valence-corrected chi connectivity index (χ2v) is 4.47. The van der Waals surface area contributed by atoms with Crippen molar-refractivity contribution in [1.82, 2.24) is 0 Å². The SMILES string of the molecule is CC[C@@H](Nc1ccc(F)cc1)C(=O)Nc1ccccc1. The Morgan fingerprint density at radius 1 is 1.05 bits per heavy atom. The number of benzene rings is 2. The first-order chi connectivity index (χ1) is 9.69. The maximum Gasteiger partial charge on any atom is 0.246 e. The number of carbonyl (C=O) groups is 1. The molecule has 0 radical (unpaired) electrons. The number of carbonyl (C=O) groups excluding carboxylic acids is 1. The Morgan fingerprint density at radius 3 is 2.30 bits per heavy atom. The van der Waals surface area contributed by atoms with Crippen molar-refractivity contribution in [1.29, 1.82) is 0 Å². The lowest BCUT2D eigenvalue weighted by Crippen LogP contribution is -2.34. The zero-order chi connectivity index (χ0) is 14.4. The van der Waals surface area contributed by atoms with Gasteiger partial charge in [-0.2, -0.15) is 0 Å². The molecule has 20 heavy (non-hydrogen) atoms. The van der Waals surface area contributed by atoms with Gasteiger partial charge in [-0.05, 0) is 42.8 Å². The van der Waals surface area contributed by atoms with Crippen LogP contribution in [0.2, 0.25) is 0 Å². The van der Waals surface area contributed by atoms with Gasteiger partial charge in [-0.15, -0.1) is 0 Å². The summed E-state index contributed by atoms with van der Waals surface area (Å²) in [5.74, 6) is -0.402. The number of amides is 1. The summed E-state index contributed by atoms with van der Waals surface area (Å²) in [7, 11) is 0. The molecule has 1 atom stereocenters. The molecule has 104 valence electrons. The quantitative estimate of drug-likeness (QED) is 0.872. The van der Waals surface area contributed by atoms with Gasteiger partial charge in [0.1, 0.15) is 11.9 Å². The summed E-state index contributed by atoms with van der Waals surface area (Å²) in [6.07, 6.45) is 0.635. The van der Waals surface area contributed by atoms with Crippen LogP contribution in [-0.4, -0.2) is 11.9 Å². The fourth-order valence-corrected chi connectivity index (χ4v) is 1.85. The van der Waals surface area contributed by atoms with E-state index in [1.807, 2.05) is 37.3 Å². The lowest BCUT2D eigenvalue weighted by atomic mass is 10.2. The highest BCUT2D eigenvalue weighted by Crippen LogP contribution is 2.13. The van der Waals surface area contributed by atoms with E-state index in [1.165, 1.54) is 12.1 Å². The van der Waals surface area contributed by atoms with Crippen LogP contribution in [0.4, 0.5) is 15.8 Å². The predicted molar refractivity (Wildman–Crippen MR) is 79.2 cm³/mol. The van der Waals surface area contributed by atoms with Crippen LogP contribution in [0.3, 0.4) is 0 Å². The molecule has 2 rings (SSSR count). The van der Waals surface area contributed by atoms with Crippen LogP contribution in [0.1, 0.15) is 13.3 Å². The summed E-state index contributed by atoms with van der Waals surface area (Å²) < 4.78 is 12.8. The van der Waals surface area contributed by atoms with Gasteiger partial charge < -0.3 is 10.6 Å². The van der Waals surface area contributed by atoms with Gasteiger partial charge in [0.2, 0.25) is 5.91 Å². The summed E-state index contributed by atoms with van der Waals surface area (Å²) in [6, 6.07) is 14.9. The molecule has 0 aliphatic rings. The molecule has 2 aromatic carbocycles. The summed E-state index contributed by atoms with van der Waals surface area (Å²) in [5, 5.41) is 5.95.